The van der Waals surface area contributed by atoms with E-state index in [0.717, 1.165) is 31.3 Å². The van der Waals surface area contributed by atoms with Gasteiger partial charge in [-0.3, -0.25) is 0 Å². The van der Waals surface area contributed by atoms with Gasteiger partial charge in [-0.25, -0.2) is 9.97 Å². The van der Waals surface area contributed by atoms with Crippen molar-refractivity contribution in [3.05, 3.63) is 11.9 Å². The average Bonchev–Trinajstić information content (AvgIpc) is 2.75. The third-order valence-electron chi connectivity index (χ3n) is 3.54. The van der Waals surface area contributed by atoms with Crippen molar-refractivity contribution >= 4 is 11.6 Å². The smallest absolute Gasteiger partial charge is 0.135 e. The molecular weight excluding hydrogens is 238 g/mol. The minimum Gasteiger partial charge on any atom is -0.370 e. The van der Waals surface area contributed by atoms with Crippen molar-refractivity contribution in [2.75, 3.05) is 37.3 Å². The molecule has 0 aliphatic carbocycles. The Morgan fingerprint density at radius 1 is 1.37 bits per heavy atom. The van der Waals surface area contributed by atoms with Crippen molar-refractivity contribution in [2.45, 2.75) is 39.2 Å². The Hall–Kier alpha value is -1.36. The van der Waals surface area contributed by atoms with Crippen molar-refractivity contribution in [3.63, 3.8) is 0 Å². The Morgan fingerprint density at radius 2 is 2.11 bits per heavy atom. The number of likely N-dealkylation sites (tertiary alicyclic amines) is 1. The molecule has 1 atom stereocenters. The number of hydrogen-bond acceptors (Lipinski definition) is 5. The minimum atomic E-state index is 0.400. The van der Waals surface area contributed by atoms with Gasteiger partial charge in [-0.1, -0.05) is 13.8 Å². The summed E-state index contributed by atoms with van der Waals surface area (Å²) in [7, 11) is 2.16. The quantitative estimate of drug-likeness (QED) is 0.852. The molecule has 0 saturated carbocycles. The summed E-state index contributed by atoms with van der Waals surface area (Å²) in [5.41, 5.74) is 1.19. The molecule has 1 aromatic rings. The molecule has 0 bridgehead atoms. The molecule has 1 saturated heterocycles. The predicted octanol–water partition coefficient (Wildman–Crippen LogP) is 2.15. The highest BCUT2D eigenvalue weighted by atomic mass is 15.2. The second-order valence-corrected chi connectivity index (χ2v) is 5.56. The molecule has 19 heavy (non-hydrogen) atoms. The van der Waals surface area contributed by atoms with Crippen LogP contribution in [0.2, 0.25) is 0 Å². The van der Waals surface area contributed by atoms with Crippen molar-refractivity contribution in [3.8, 4) is 0 Å². The Bertz CT molecular complexity index is 418. The van der Waals surface area contributed by atoms with Crippen LogP contribution < -0.4 is 10.6 Å². The van der Waals surface area contributed by atoms with Crippen molar-refractivity contribution < 1.29 is 0 Å². The lowest BCUT2D eigenvalue weighted by molar-refractivity contribution is 0.414. The third-order valence-corrected chi connectivity index (χ3v) is 3.54. The molecule has 0 amide bonds. The molecule has 0 spiro atoms. The molecule has 2 heterocycles. The number of nitrogens with zero attached hydrogens (tertiary/aromatic N) is 3. The zero-order chi connectivity index (χ0) is 13.8. The Labute approximate surface area is 115 Å². The highest BCUT2D eigenvalue weighted by molar-refractivity contribution is 5.59. The first-order valence-corrected chi connectivity index (χ1v) is 7.15. The van der Waals surface area contributed by atoms with Crippen LogP contribution in [0, 0.1) is 0 Å². The largest absolute Gasteiger partial charge is 0.370 e. The molecule has 0 radical (unpaired) electrons. The highest BCUT2D eigenvalue weighted by Crippen LogP contribution is 2.29. The normalized spacial score (nSPS) is 19.9. The summed E-state index contributed by atoms with van der Waals surface area (Å²) in [5.74, 6) is 2.35. The van der Waals surface area contributed by atoms with Crippen LogP contribution in [-0.2, 0) is 0 Å². The van der Waals surface area contributed by atoms with Crippen molar-refractivity contribution in [1.29, 1.82) is 0 Å². The number of rotatable bonds is 5. The molecule has 1 aliphatic heterocycles. The van der Waals surface area contributed by atoms with Gasteiger partial charge in [0.15, 0.2) is 0 Å². The van der Waals surface area contributed by atoms with Gasteiger partial charge >= 0.3 is 0 Å². The van der Waals surface area contributed by atoms with Crippen LogP contribution in [0.15, 0.2) is 6.33 Å². The maximum absolute atomic E-state index is 4.45. The zero-order valence-corrected chi connectivity index (χ0v) is 12.4. The molecule has 0 aromatic carbocycles. The van der Waals surface area contributed by atoms with Gasteiger partial charge < -0.3 is 15.5 Å². The molecule has 1 aromatic heterocycles. The molecule has 2 N–H and O–H groups in total. The first-order chi connectivity index (χ1) is 9.11. The Kier molecular flexibility index (Phi) is 4.58. The topological polar surface area (TPSA) is 53.1 Å². The van der Waals surface area contributed by atoms with Gasteiger partial charge in [0.2, 0.25) is 0 Å². The van der Waals surface area contributed by atoms with Crippen LogP contribution in [-0.4, -0.2) is 47.6 Å². The summed E-state index contributed by atoms with van der Waals surface area (Å²) in [4.78, 5) is 11.2. The highest BCUT2D eigenvalue weighted by Gasteiger charge is 2.22. The summed E-state index contributed by atoms with van der Waals surface area (Å²) in [5, 5.41) is 6.92. The fourth-order valence-electron chi connectivity index (χ4n) is 2.61. The van der Waals surface area contributed by atoms with Crippen molar-refractivity contribution in [1.82, 2.24) is 14.9 Å². The second-order valence-electron chi connectivity index (χ2n) is 5.56. The fraction of sp³-hybridized carbons (Fsp3) is 0.714. The molecule has 1 aliphatic rings. The average molecular weight is 263 g/mol. The van der Waals surface area contributed by atoms with E-state index >= 15 is 0 Å². The van der Waals surface area contributed by atoms with Gasteiger partial charge in [-0.15, -0.1) is 0 Å². The Balaban J connectivity index is 2.21. The lowest BCUT2D eigenvalue weighted by Gasteiger charge is -2.20. The van der Waals surface area contributed by atoms with Crippen LogP contribution in [0.1, 0.15) is 38.7 Å². The molecule has 106 valence electrons. The molecule has 5 heteroatoms. The number of hydrogen-bond donors (Lipinski definition) is 2. The van der Waals surface area contributed by atoms with Gasteiger partial charge in [-0.2, -0.15) is 0 Å². The Morgan fingerprint density at radius 3 is 2.68 bits per heavy atom. The number of likely N-dealkylation sites (N-methyl/N-ethyl adjacent to an activating group) is 1. The standard InChI is InChI=1S/C14H25N5/c1-5-15-13-12(10(2)3)14(17-9-16-13)18-11-6-7-19(4)8-11/h9-11H,5-8H2,1-4H3,(H2,15,16,17,18). The van der Waals surface area contributed by atoms with E-state index in [9.17, 15) is 0 Å². The summed E-state index contributed by atoms with van der Waals surface area (Å²) in [6.07, 6.45) is 2.82. The second kappa shape index (κ2) is 6.19. The van der Waals surface area contributed by atoms with Gasteiger partial charge in [0.25, 0.3) is 0 Å². The minimum absolute atomic E-state index is 0.400. The van der Waals surface area contributed by atoms with E-state index in [4.69, 9.17) is 0 Å². The van der Waals surface area contributed by atoms with E-state index in [1.807, 2.05) is 0 Å². The van der Waals surface area contributed by atoms with Crippen LogP contribution in [0.4, 0.5) is 11.6 Å². The summed E-state index contributed by atoms with van der Waals surface area (Å²) >= 11 is 0. The van der Waals surface area contributed by atoms with Gasteiger partial charge in [-0.05, 0) is 32.9 Å². The monoisotopic (exact) mass is 263 g/mol. The first-order valence-electron chi connectivity index (χ1n) is 7.15. The number of anilines is 2. The van der Waals surface area contributed by atoms with E-state index in [-0.39, 0.29) is 0 Å². The number of nitrogens with one attached hydrogen (secondary N) is 2. The van der Waals surface area contributed by atoms with Crippen LogP contribution in [0.5, 0.6) is 0 Å². The summed E-state index contributed by atoms with van der Waals surface area (Å²) in [6, 6.07) is 0.492. The maximum atomic E-state index is 4.45. The SMILES string of the molecule is CCNc1ncnc(NC2CCN(C)C2)c1C(C)C. The lowest BCUT2D eigenvalue weighted by atomic mass is 10.0. The first kappa shape index (κ1) is 14.1. The van der Waals surface area contributed by atoms with Crippen LogP contribution in [0.25, 0.3) is 0 Å². The van der Waals surface area contributed by atoms with E-state index in [1.165, 1.54) is 12.0 Å². The maximum Gasteiger partial charge on any atom is 0.135 e. The summed E-state index contributed by atoms with van der Waals surface area (Å²) in [6.45, 7) is 9.57. The molecule has 5 nitrogen and oxygen atoms in total. The van der Waals surface area contributed by atoms with Crippen LogP contribution >= 0.6 is 0 Å². The van der Waals surface area contributed by atoms with E-state index < -0.39 is 0 Å². The van der Waals surface area contributed by atoms with E-state index in [1.54, 1.807) is 6.33 Å². The fourth-order valence-corrected chi connectivity index (χ4v) is 2.61. The zero-order valence-electron chi connectivity index (χ0n) is 12.4. The van der Waals surface area contributed by atoms with E-state index in [2.05, 4.69) is 53.3 Å². The summed E-state index contributed by atoms with van der Waals surface area (Å²) < 4.78 is 0. The molecule has 2 rings (SSSR count). The lowest BCUT2D eigenvalue weighted by Crippen LogP contribution is -2.25. The van der Waals surface area contributed by atoms with Gasteiger partial charge in [0, 0.05) is 24.7 Å². The third kappa shape index (κ3) is 3.35. The van der Waals surface area contributed by atoms with Crippen molar-refractivity contribution in [2.24, 2.45) is 0 Å². The molecule has 1 unspecified atom stereocenters. The molecule has 1 fully saturated rings. The predicted molar refractivity (Wildman–Crippen MR) is 79.8 cm³/mol. The van der Waals surface area contributed by atoms with E-state index in [0.29, 0.717) is 12.0 Å². The number of aromatic nitrogens is 2. The van der Waals surface area contributed by atoms with Crippen LogP contribution in [0.3, 0.4) is 0 Å². The van der Waals surface area contributed by atoms with Gasteiger partial charge in [0.1, 0.15) is 18.0 Å². The van der Waals surface area contributed by atoms with Gasteiger partial charge in [0.05, 0.1) is 0 Å². The molecular formula is C14H25N5.